The van der Waals surface area contributed by atoms with E-state index in [1.54, 1.807) is 6.07 Å². The van der Waals surface area contributed by atoms with Crippen LogP contribution in [0.4, 0.5) is 8.78 Å². The maximum Gasteiger partial charge on any atom is 0.280 e. The van der Waals surface area contributed by atoms with Gasteiger partial charge in [-0.3, -0.25) is 4.98 Å². The van der Waals surface area contributed by atoms with Gasteiger partial charge in [0, 0.05) is 6.20 Å². The van der Waals surface area contributed by atoms with E-state index in [9.17, 15) is 8.78 Å². The number of hydrogen-bond donors (Lipinski definition) is 1. The Bertz CT molecular complexity index is 251. The molecule has 0 aliphatic heterocycles. The van der Waals surface area contributed by atoms with Gasteiger partial charge in [-0.25, -0.2) is 8.78 Å². The fourth-order valence-electron chi connectivity index (χ4n) is 0.936. The molecule has 0 atom stereocenters. The zero-order valence-electron chi connectivity index (χ0n) is 6.50. The van der Waals surface area contributed by atoms with Crippen LogP contribution in [0, 0.1) is 0 Å². The second kappa shape index (κ2) is 4.11. The highest BCUT2D eigenvalue weighted by atomic mass is 19.3. The lowest BCUT2D eigenvalue weighted by Gasteiger charge is -2.01. The van der Waals surface area contributed by atoms with Crippen LogP contribution in [-0.4, -0.2) is 11.5 Å². The van der Waals surface area contributed by atoms with Crippen LogP contribution in [0.1, 0.15) is 17.7 Å². The molecule has 0 aliphatic rings. The fraction of sp³-hybridized carbons (Fsp3) is 0.375. The van der Waals surface area contributed by atoms with Crippen LogP contribution in [0.5, 0.6) is 0 Å². The fourth-order valence-corrected chi connectivity index (χ4v) is 0.936. The van der Waals surface area contributed by atoms with Crippen molar-refractivity contribution in [1.29, 1.82) is 0 Å². The monoisotopic (exact) mass is 172 g/mol. The number of pyridine rings is 1. The van der Waals surface area contributed by atoms with Gasteiger partial charge in [0.1, 0.15) is 5.69 Å². The summed E-state index contributed by atoms with van der Waals surface area (Å²) >= 11 is 0. The molecule has 0 aromatic carbocycles. The third-order valence-corrected chi connectivity index (χ3v) is 1.50. The molecule has 1 aromatic heterocycles. The molecule has 1 heterocycles. The summed E-state index contributed by atoms with van der Waals surface area (Å²) in [5, 5.41) is 0. The Balaban J connectivity index is 2.81. The van der Waals surface area contributed by atoms with E-state index in [0.717, 1.165) is 5.56 Å². The van der Waals surface area contributed by atoms with Crippen LogP contribution in [0.15, 0.2) is 18.3 Å². The minimum atomic E-state index is -2.50. The molecule has 0 spiro atoms. The highest BCUT2D eigenvalue weighted by Crippen LogP contribution is 2.16. The molecule has 2 nitrogen and oxygen atoms in total. The van der Waals surface area contributed by atoms with E-state index in [2.05, 4.69) is 4.98 Å². The summed E-state index contributed by atoms with van der Waals surface area (Å²) in [7, 11) is 0. The Morgan fingerprint density at radius 1 is 1.50 bits per heavy atom. The Morgan fingerprint density at radius 2 is 2.25 bits per heavy atom. The van der Waals surface area contributed by atoms with Gasteiger partial charge < -0.3 is 5.73 Å². The first-order valence-corrected chi connectivity index (χ1v) is 3.67. The highest BCUT2D eigenvalue weighted by molar-refractivity contribution is 5.17. The second-order valence-electron chi connectivity index (χ2n) is 2.43. The van der Waals surface area contributed by atoms with Gasteiger partial charge in [-0.15, -0.1) is 0 Å². The number of nitrogens with two attached hydrogens (primary N) is 1. The van der Waals surface area contributed by atoms with Gasteiger partial charge in [-0.1, -0.05) is 0 Å². The summed E-state index contributed by atoms with van der Waals surface area (Å²) in [5.74, 6) is 0. The first-order valence-electron chi connectivity index (χ1n) is 3.67. The Morgan fingerprint density at radius 3 is 2.83 bits per heavy atom. The molecule has 4 heteroatoms. The van der Waals surface area contributed by atoms with Crippen molar-refractivity contribution in [2.45, 2.75) is 12.8 Å². The number of rotatable bonds is 3. The smallest absolute Gasteiger partial charge is 0.280 e. The standard InChI is InChI=1S/C8H10F2N2/c9-8(10)7-5-6(1-3-11)2-4-12-7/h2,4-5,8H,1,3,11H2. The van der Waals surface area contributed by atoms with Gasteiger partial charge in [-0.2, -0.15) is 0 Å². The summed E-state index contributed by atoms with van der Waals surface area (Å²) in [6.07, 6.45) is -0.503. The third kappa shape index (κ3) is 2.23. The predicted molar refractivity (Wildman–Crippen MR) is 42.0 cm³/mol. The van der Waals surface area contributed by atoms with E-state index in [-0.39, 0.29) is 5.69 Å². The van der Waals surface area contributed by atoms with Crippen LogP contribution in [0.2, 0.25) is 0 Å². The molecule has 12 heavy (non-hydrogen) atoms. The van der Waals surface area contributed by atoms with Gasteiger partial charge >= 0.3 is 0 Å². The Kier molecular flexibility index (Phi) is 3.10. The minimum absolute atomic E-state index is 0.180. The van der Waals surface area contributed by atoms with E-state index >= 15 is 0 Å². The van der Waals surface area contributed by atoms with Crippen LogP contribution in [0.3, 0.4) is 0 Å². The van der Waals surface area contributed by atoms with Crippen molar-refractivity contribution in [3.8, 4) is 0 Å². The van der Waals surface area contributed by atoms with Gasteiger partial charge in [0.05, 0.1) is 0 Å². The minimum Gasteiger partial charge on any atom is -0.330 e. The van der Waals surface area contributed by atoms with Crippen molar-refractivity contribution < 1.29 is 8.78 Å². The van der Waals surface area contributed by atoms with Gasteiger partial charge in [0.15, 0.2) is 0 Å². The number of hydrogen-bond acceptors (Lipinski definition) is 2. The van der Waals surface area contributed by atoms with Crippen LogP contribution < -0.4 is 5.73 Å². The van der Waals surface area contributed by atoms with Crippen LogP contribution in [-0.2, 0) is 6.42 Å². The topological polar surface area (TPSA) is 38.9 Å². The van der Waals surface area contributed by atoms with E-state index < -0.39 is 6.43 Å². The van der Waals surface area contributed by atoms with Gasteiger partial charge in [-0.05, 0) is 30.7 Å². The van der Waals surface area contributed by atoms with Crippen LogP contribution in [0.25, 0.3) is 0 Å². The van der Waals surface area contributed by atoms with E-state index in [1.165, 1.54) is 12.3 Å². The highest BCUT2D eigenvalue weighted by Gasteiger charge is 2.07. The van der Waals surface area contributed by atoms with Crippen LogP contribution >= 0.6 is 0 Å². The zero-order chi connectivity index (χ0) is 8.97. The lowest BCUT2D eigenvalue weighted by molar-refractivity contribution is 0.146. The molecule has 0 saturated heterocycles. The van der Waals surface area contributed by atoms with E-state index in [1.807, 2.05) is 0 Å². The van der Waals surface area contributed by atoms with Crippen molar-refractivity contribution in [2.75, 3.05) is 6.54 Å². The lowest BCUT2D eigenvalue weighted by atomic mass is 10.2. The predicted octanol–water partition coefficient (Wildman–Crippen LogP) is 1.52. The summed E-state index contributed by atoms with van der Waals surface area (Å²) in [6, 6.07) is 3.08. The summed E-state index contributed by atoms with van der Waals surface area (Å²) in [4.78, 5) is 3.53. The zero-order valence-corrected chi connectivity index (χ0v) is 6.50. The van der Waals surface area contributed by atoms with E-state index in [0.29, 0.717) is 13.0 Å². The third-order valence-electron chi connectivity index (χ3n) is 1.50. The molecule has 1 aromatic rings. The molecule has 0 radical (unpaired) electrons. The Hall–Kier alpha value is -1.03. The first-order chi connectivity index (χ1) is 5.74. The van der Waals surface area contributed by atoms with Gasteiger partial charge in [0.25, 0.3) is 6.43 Å². The maximum absolute atomic E-state index is 12.1. The molecule has 66 valence electrons. The molecular weight excluding hydrogens is 162 g/mol. The van der Waals surface area contributed by atoms with Crippen molar-refractivity contribution >= 4 is 0 Å². The van der Waals surface area contributed by atoms with E-state index in [4.69, 9.17) is 5.73 Å². The largest absolute Gasteiger partial charge is 0.330 e. The molecule has 0 amide bonds. The summed E-state index contributed by atoms with van der Waals surface area (Å²) in [5.41, 5.74) is 5.91. The average molecular weight is 172 g/mol. The number of halogens is 2. The van der Waals surface area contributed by atoms with Crippen molar-refractivity contribution in [1.82, 2.24) is 4.98 Å². The summed E-state index contributed by atoms with van der Waals surface area (Å²) in [6.45, 7) is 0.465. The lowest BCUT2D eigenvalue weighted by Crippen LogP contribution is -2.03. The maximum atomic E-state index is 12.1. The molecule has 0 bridgehead atoms. The second-order valence-corrected chi connectivity index (χ2v) is 2.43. The SMILES string of the molecule is NCCc1ccnc(C(F)F)c1. The first kappa shape index (κ1) is 9.06. The van der Waals surface area contributed by atoms with Gasteiger partial charge in [0.2, 0.25) is 0 Å². The molecule has 2 N–H and O–H groups in total. The molecular formula is C8H10F2N2. The molecule has 0 aliphatic carbocycles. The van der Waals surface area contributed by atoms with Crippen molar-refractivity contribution in [3.63, 3.8) is 0 Å². The van der Waals surface area contributed by atoms with Crippen molar-refractivity contribution in [3.05, 3.63) is 29.6 Å². The summed E-state index contributed by atoms with van der Waals surface area (Å²) < 4.78 is 24.2. The molecule has 0 unspecified atom stereocenters. The number of nitrogens with zero attached hydrogens (tertiary/aromatic N) is 1. The number of alkyl halides is 2. The number of aromatic nitrogens is 1. The average Bonchev–Trinajstić information content (AvgIpc) is 2.05. The quantitative estimate of drug-likeness (QED) is 0.750. The Labute approximate surface area is 69.4 Å². The molecule has 0 saturated carbocycles. The van der Waals surface area contributed by atoms with Crippen molar-refractivity contribution in [2.24, 2.45) is 5.73 Å². The normalized spacial score (nSPS) is 10.7. The molecule has 0 fully saturated rings. The molecule has 1 rings (SSSR count).